The third kappa shape index (κ3) is 7.67. The van der Waals surface area contributed by atoms with Crippen LogP contribution >= 0.6 is 10.8 Å². The van der Waals surface area contributed by atoms with Crippen LogP contribution in [0, 0.1) is 5.92 Å². The van der Waals surface area contributed by atoms with Gasteiger partial charge < -0.3 is 4.74 Å². The fraction of sp³-hybridized carbons (Fsp3) is 0.889. The van der Waals surface area contributed by atoms with Crippen molar-refractivity contribution < 1.29 is 17.9 Å². The molecule has 0 heterocycles. The standard InChI is InChI=1S/C9H18O4S2/c1-7(2)8(10)13-6-9(3,4)14-15(5,11)12/h7H,6H2,1-5H3. The van der Waals surface area contributed by atoms with Gasteiger partial charge in [0.1, 0.15) is 6.61 Å². The molecule has 0 aliphatic heterocycles. The quantitative estimate of drug-likeness (QED) is 0.551. The normalized spacial score (nSPS) is 12.9. The second-order valence-corrected chi connectivity index (χ2v) is 9.31. The molecular formula is C9H18O4S2. The van der Waals surface area contributed by atoms with E-state index in [4.69, 9.17) is 4.74 Å². The van der Waals surface area contributed by atoms with Gasteiger partial charge >= 0.3 is 5.97 Å². The molecular weight excluding hydrogens is 236 g/mol. The molecule has 0 aliphatic carbocycles. The zero-order chi connectivity index (χ0) is 12.3. The average Bonchev–Trinajstić information content (AvgIpc) is 1.95. The molecule has 0 saturated heterocycles. The molecule has 0 radical (unpaired) electrons. The van der Waals surface area contributed by atoms with Crippen LogP contribution in [0.4, 0.5) is 0 Å². The summed E-state index contributed by atoms with van der Waals surface area (Å²) in [7, 11) is -2.32. The number of rotatable bonds is 5. The summed E-state index contributed by atoms with van der Waals surface area (Å²) >= 11 is 0. The van der Waals surface area contributed by atoms with Gasteiger partial charge in [-0.2, -0.15) is 0 Å². The minimum absolute atomic E-state index is 0.0990. The summed E-state index contributed by atoms with van der Waals surface area (Å²) in [5, 5.41) is 0. The number of ether oxygens (including phenoxy) is 1. The van der Waals surface area contributed by atoms with Gasteiger partial charge in [-0.3, -0.25) is 4.79 Å². The maximum atomic E-state index is 11.2. The first-order valence-corrected chi connectivity index (χ1v) is 7.83. The maximum Gasteiger partial charge on any atom is 0.308 e. The Labute approximate surface area is 95.1 Å². The number of hydrogen-bond acceptors (Lipinski definition) is 5. The fourth-order valence-corrected chi connectivity index (χ4v) is 4.38. The molecule has 90 valence electrons. The monoisotopic (exact) mass is 254 g/mol. The third-order valence-corrected chi connectivity index (χ3v) is 4.54. The third-order valence-electron chi connectivity index (χ3n) is 1.41. The molecule has 0 atom stereocenters. The lowest BCUT2D eigenvalue weighted by Crippen LogP contribution is -2.27. The van der Waals surface area contributed by atoms with Crippen LogP contribution < -0.4 is 0 Å². The lowest BCUT2D eigenvalue weighted by molar-refractivity contribution is -0.147. The highest BCUT2D eigenvalue weighted by Crippen LogP contribution is 2.29. The molecule has 0 bridgehead atoms. The summed E-state index contributed by atoms with van der Waals surface area (Å²) in [6, 6.07) is 0. The average molecular weight is 254 g/mol. The second kappa shape index (κ2) is 5.21. The molecule has 0 spiro atoms. The highest BCUT2D eigenvalue weighted by molar-refractivity contribution is 8.72. The zero-order valence-electron chi connectivity index (χ0n) is 9.73. The van der Waals surface area contributed by atoms with Crippen LogP contribution in [-0.2, 0) is 18.4 Å². The number of carbonyl (C=O) groups excluding carboxylic acids is 1. The summed E-state index contributed by atoms with van der Waals surface area (Å²) < 4.78 is 26.5. The Morgan fingerprint density at radius 2 is 1.87 bits per heavy atom. The first kappa shape index (κ1) is 14.8. The van der Waals surface area contributed by atoms with Gasteiger partial charge in [0.05, 0.1) is 10.7 Å². The molecule has 0 aromatic heterocycles. The highest BCUT2D eigenvalue weighted by Gasteiger charge is 2.26. The Balaban J connectivity index is 4.22. The van der Waals surface area contributed by atoms with E-state index in [0.717, 1.165) is 17.0 Å². The predicted molar refractivity (Wildman–Crippen MR) is 62.3 cm³/mol. The van der Waals surface area contributed by atoms with E-state index in [1.807, 2.05) is 0 Å². The van der Waals surface area contributed by atoms with Gasteiger partial charge in [-0.1, -0.05) is 13.8 Å². The van der Waals surface area contributed by atoms with Gasteiger partial charge in [0.15, 0.2) is 8.87 Å². The van der Waals surface area contributed by atoms with Crippen molar-refractivity contribution in [3.8, 4) is 0 Å². The molecule has 0 rings (SSSR count). The zero-order valence-corrected chi connectivity index (χ0v) is 11.4. The van der Waals surface area contributed by atoms with Gasteiger partial charge in [-0.25, -0.2) is 8.42 Å². The summed E-state index contributed by atoms with van der Waals surface area (Å²) in [4.78, 5) is 11.2. The minimum atomic E-state index is -3.12. The summed E-state index contributed by atoms with van der Waals surface area (Å²) in [6.45, 7) is 7.03. The summed E-state index contributed by atoms with van der Waals surface area (Å²) in [5.41, 5.74) is 0. The van der Waals surface area contributed by atoms with Crippen molar-refractivity contribution in [3.05, 3.63) is 0 Å². The van der Waals surface area contributed by atoms with E-state index in [9.17, 15) is 13.2 Å². The van der Waals surface area contributed by atoms with Crippen LogP contribution in [0.5, 0.6) is 0 Å². The van der Waals surface area contributed by atoms with Gasteiger partial charge in [0.25, 0.3) is 0 Å². The van der Waals surface area contributed by atoms with Crippen molar-refractivity contribution in [1.82, 2.24) is 0 Å². The second-order valence-electron chi connectivity index (χ2n) is 4.31. The SMILES string of the molecule is CC(C)C(=O)OCC(C)(C)SS(C)(=O)=O. The van der Waals surface area contributed by atoms with E-state index in [2.05, 4.69) is 0 Å². The van der Waals surface area contributed by atoms with Crippen molar-refractivity contribution >= 4 is 25.6 Å². The Hall–Kier alpha value is -0.230. The highest BCUT2D eigenvalue weighted by atomic mass is 33.1. The van der Waals surface area contributed by atoms with Crippen LogP contribution in [0.25, 0.3) is 0 Å². The Kier molecular flexibility index (Phi) is 5.13. The van der Waals surface area contributed by atoms with E-state index >= 15 is 0 Å². The topological polar surface area (TPSA) is 60.4 Å². The predicted octanol–water partition coefficient (Wildman–Crippen LogP) is 1.66. The molecule has 6 heteroatoms. The Bertz CT molecular complexity index is 317. The number of hydrogen-bond donors (Lipinski definition) is 0. The van der Waals surface area contributed by atoms with Gasteiger partial charge in [-0.05, 0) is 24.6 Å². The smallest absolute Gasteiger partial charge is 0.308 e. The molecule has 0 aromatic carbocycles. The Morgan fingerprint density at radius 3 is 2.20 bits per heavy atom. The molecule has 0 aliphatic rings. The lowest BCUT2D eigenvalue weighted by atomic mass is 10.2. The van der Waals surface area contributed by atoms with Crippen LogP contribution in [0.1, 0.15) is 27.7 Å². The minimum Gasteiger partial charge on any atom is -0.464 e. The van der Waals surface area contributed by atoms with Gasteiger partial charge in [0.2, 0.25) is 0 Å². The van der Waals surface area contributed by atoms with Crippen molar-refractivity contribution in [1.29, 1.82) is 0 Å². The molecule has 0 unspecified atom stereocenters. The van der Waals surface area contributed by atoms with E-state index in [1.54, 1.807) is 27.7 Å². The number of esters is 1. The first-order valence-electron chi connectivity index (χ1n) is 4.61. The lowest BCUT2D eigenvalue weighted by Gasteiger charge is -2.22. The van der Waals surface area contributed by atoms with Crippen molar-refractivity contribution in [2.24, 2.45) is 5.92 Å². The molecule has 0 aromatic rings. The van der Waals surface area contributed by atoms with E-state index in [1.165, 1.54) is 0 Å². The molecule has 0 amide bonds. The summed E-state index contributed by atoms with van der Waals surface area (Å²) in [6.07, 6.45) is 1.14. The van der Waals surface area contributed by atoms with Crippen LogP contribution in [0.15, 0.2) is 0 Å². The van der Waals surface area contributed by atoms with Crippen LogP contribution in [0.3, 0.4) is 0 Å². The summed E-state index contributed by atoms with van der Waals surface area (Å²) in [5.74, 6) is -0.499. The largest absolute Gasteiger partial charge is 0.464 e. The van der Waals surface area contributed by atoms with E-state index < -0.39 is 13.6 Å². The molecule has 0 saturated carbocycles. The van der Waals surface area contributed by atoms with Crippen molar-refractivity contribution in [2.45, 2.75) is 32.4 Å². The van der Waals surface area contributed by atoms with E-state index in [-0.39, 0.29) is 18.5 Å². The van der Waals surface area contributed by atoms with Crippen molar-refractivity contribution in [2.75, 3.05) is 12.9 Å². The van der Waals surface area contributed by atoms with Crippen molar-refractivity contribution in [3.63, 3.8) is 0 Å². The van der Waals surface area contributed by atoms with Crippen LogP contribution in [-0.4, -0.2) is 32.0 Å². The molecule has 4 nitrogen and oxygen atoms in total. The van der Waals surface area contributed by atoms with E-state index in [0.29, 0.717) is 0 Å². The first-order chi connectivity index (χ1) is 6.53. The van der Waals surface area contributed by atoms with Gasteiger partial charge in [0, 0.05) is 6.26 Å². The van der Waals surface area contributed by atoms with Gasteiger partial charge in [-0.15, -0.1) is 0 Å². The molecule has 0 N–H and O–H groups in total. The fourth-order valence-electron chi connectivity index (χ4n) is 0.845. The maximum absolute atomic E-state index is 11.2. The molecule has 15 heavy (non-hydrogen) atoms. The molecule has 0 fully saturated rings. The van der Waals surface area contributed by atoms with Crippen LogP contribution in [0.2, 0.25) is 0 Å². The number of carbonyl (C=O) groups is 1. The Morgan fingerprint density at radius 1 is 1.40 bits per heavy atom.